The number of hydrogen-bond donors (Lipinski definition) is 1. The van der Waals surface area contributed by atoms with Gasteiger partial charge in [0.25, 0.3) is 0 Å². The minimum Gasteiger partial charge on any atom is -0.497 e. The molecule has 21 heavy (non-hydrogen) atoms. The Bertz CT molecular complexity index is 839. The zero-order valence-corrected chi connectivity index (χ0v) is 11.9. The monoisotopic (exact) mass is 303 g/mol. The highest BCUT2D eigenvalue weighted by molar-refractivity contribution is 6.31. The van der Waals surface area contributed by atoms with Gasteiger partial charge in [0, 0.05) is 5.39 Å². The van der Waals surface area contributed by atoms with Crippen molar-refractivity contribution in [2.24, 2.45) is 0 Å². The number of nitrogen functional groups attached to an aromatic ring is 1. The summed E-state index contributed by atoms with van der Waals surface area (Å²) in [6, 6.07) is 9.91. The Kier molecular flexibility index (Phi) is 3.35. The largest absolute Gasteiger partial charge is 0.497 e. The van der Waals surface area contributed by atoms with Gasteiger partial charge in [-0.2, -0.15) is 0 Å². The lowest BCUT2D eigenvalue weighted by Gasteiger charge is -2.08. The second kappa shape index (κ2) is 5.18. The molecule has 1 heterocycles. The van der Waals surface area contributed by atoms with E-state index in [0.29, 0.717) is 16.7 Å². The van der Waals surface area contributed by atoms with Crippen LogP contribution in [-0.4, -0.2) is 17.1 Å². The maximum atomic E-state index is 14.1. The third-order valence-corrected chi connectivity index (χ3v) is 3.42. The molecule has 4 nitrogen and oxygen atoms in total. The molecule has 0 aliphatic carbocycles. The Morgan fingerprint density at radius 1 is 1.19 bits per heavy atom. The molecule has 0 spiro atoms. The van der Waals surface area contributed by atoms with Crippen LogP contribution in [0.5, 0.6) is 5.75 Å². The number of nitrogens with zero attached hydrogens (tertiary/aromatic N) is 2. The number of rotatable bonds is 2. The lowest BCUT2D eigenvalue weighted by atomic mass is 10.1. The van der Waals surface area contributed by atoms with Crippen LogP contribution in [0.3, 0.4) is 0 Å². The van der Waals surface area contributed by atoms with Gasteiger partial charge in [-0.25, -0.2) is 14.4 Å². The first-order valence-electron chi connectivity index (χ1n) is 6.16. The minimum atomic E-state index is -0.563. The average Bonchev–Trinajstić information content (AvgIpc) is 2.49. The molecular formula is C15H11ClFN3O. The average molecular weight is 304 g/mol. The van der Waals surface area contributed by atoms with Crippen molar-refractivity contribution in [3.63, 3.8) is 0 Å². The fourth-order valence-electron chi connectivity index (χ4n) is 2.06. The van der Waals surface area contributed by atoms with Gasteiger partial charge in [0.15, 0.2) is 11.6 Å². The van der Waals surface area contributed by atoms with Gasteiger partial charge in [0.05, 0.1) is 23.2 Å². The molecule has 0 amide bonds. The molecule has 3 rings (SSSR count). The number of fused-ring (bicyclic) bond motifs is 1. The lowest BCUT2D eigenvalue weighted by molar-refractivity contribution is 0.415. The molecule has 6 heteroatoms. The van der Waals surface area contributed by atoms with Gasteiger partial charge in [0.1, 0.15) is 11.6 Å². The number of hydrogen-bond acceptors (Lipinski definition) is 4. The number of ether oxygens (including phenoxy) is 1. The first-order valence-corrected chi connectivity index (χ1v) is 6.53. The number of benzene rings is 2. The lowest BCUT2D eigenvalue weighted by Crippen LogP contribution is -1.99. The summed E-state index contributed by atoms with van der Waals surface area (Å²) in [5.74, 6) is 0.546. The van der Waals surface area contributed by atoms with E-state index in [1.54, 1.807) is 37.4 Å². The summed E-state index contributed by atoms with van der Waals surface area (Å²) in [6.07, 6.45) is 0. The topological polar surface area (TPSA) is 61.0 Å². The van der Waals surface area contributed by atoms with Crippen molar-refractivity contribution < 1.29 is 9.13 Å². The van der Waals surface area contributed by atoms with E-state index in [0.717, 1.165) is 0 Å². The van der Waals surface area contributed by atoms with Crippen molar-refractivity contribution in [3.8, 4) is 17.1 Å². The third-order valence-electron chi connectivity index (χ3n) is 3.12. The smallest absolute Gasteiger partial charge is 0.165 e. The van der Waals surface area contributed by atoms with Crippen LogP contribution in [0.4, 0.5) is 10.2 Å². The number of methoxy groups -OCH3 is 1. The molecule has 0 saturated carbocycles. The van der Waals surface area contributed by atoms with Crippen molar-refractivity contribution >= 4 is 28.3 Å². The summed E-state index contributed by atoms with van der Waals surface area (Å²) in [7, 11) is 1.56. The molecule has 1 aromatic heterocycles. The van der Waals surface area contributed by atoms with Crippen molar-refractivity contribution in [1.82, 2.24) is 9.97 Å². The molecule has 2 aromatic carbocycles. The summed E-state index contributed by atoms with van der Waals surface area (Å²) < 4.78 is 19.2. The first kappa shape index (κ1) is 13.6. The normalized spacial score (nSPS) is 10.8. The van der Waals surface area contributed by atoms with E-state index in [2.05, 4.69) is 9.97 Å². The number of anilines is 1. The molecule has 0 fully saturated rings. The molecule has 0 bridgehead atoms. The van der Waals surface area contributed by atoms with E-state index in [1.165, 1.54) is 6.07 Å². The second-order valence-corrected chi connectivity index (χ2v) is 4.82. The molecule has 0 aliphatic heterocycles. The summed E-state index contributed by atoms with van der Waals surface area (Å²) in [5.41, 5.74) is 6.77. The molecule has 0 aliphatic rings. The maximum absolute atomic E-state index is 14.1. The highest BCUT2D eigenvalue weighted by Gasteiger charge is 2.13. The van der Waals surface area contributed by atoms with Crippen molar-refractivity contribution in [3.05, 3.63) is 47.2 Å². The quantitative estimate of drug-likeness (QED) is 0.784. The van der Waals surface area contributed by atoms with Crippen LogP contribution in [0.1, 0.15) is 0 Å². The highest BCUT2D eigenvalue weighted by Crippen LogP contribution is 2.29. The van der Waals surface area contributed by atoms with Gasteiger partial charge in [-0.15, -0.1) is 0 Å². The van der Waals surface area contributed by atoms with Crippen LogP contribution >= 0.6 is 11.6 Å². The number of nitrogens with two attached hydrogens (primary N) is 1. The van der Waals surface area contributed by atoms with Gasteiger partial charge in [-0.05, 0) is 30.3 Å². The summed E-state index contributed by atoms with van der Waals surface area (Å²) >= 11 is 5.78. The van der Waals surface area contributed by atoms with E-state index in [-0.39, 0.29) is 22.2 Å². The molecule has 0 saturated heterocycles. The third kappa shape index (κ3) is 2.36. The standard InChI is InChI=1S/C15H11ClFN3O/c1-21-8-5-6-12-10(7-8)14(18)20-15(19-12)9-3-2-4-11(16)13(9)17/h2-7H,1H3,(H2,18,19,20). The van der Waals surface area contributed by atoms with E-state index >= 15 is 0 Å². The molecular weight excluding hydrogens is 293 g/mol. The molecule has 2 N–H and O–H groups in total. The minimum absolute atomic E-state index is 0.0181. The Morgan fingerprint density at radius 2 is 2.00 bits per heavy atom. The van der Waals surface area contributed by atoms with Crippen LogP contribution in [0.2, 0.25) is 5.02 Å². The van der Waals surface area contributed by atoms with Crippen molar-refractivity contribution in [2.75, 3.05) is 12.8 Å². The van der Waals surface area contributed by atoms with Crippen LogP contribution in [0.15, 0.2) is 36.4 Å². The predicted molar refractivity (Wildman–Crippen MR) is 80.9 cm³/mol. The van der Waals surface area contributed by atoms with Gasteiger partial charge in [-0.1, -0.05) is 17.7 Å². The summed E-state index contributed by atoms with van der Waals surface area (Å²) in [4.78, 5) is 8.50. The SMILES string of the molecule is COc1ccc2nc(-c3cccc(Cl)c3F)nc(N)c2c1. The van der Waals surface area contributed by atoms with Crippen molar-refractivity contribution in [1.29, 1.82) is 0 Å². The van der Waals surface area contributed by atoms with E-state index in [9.17, 15) is 4.39 Å². The fraction of sp³-hybridized carbons (Fsp3) is 0.0667. The van der Waals surface area contributed by atoms with Crippen LogP contribution < -0.4 is 10.5 Å². The van der Waals surface area contributed by atoms with Gasteiger partial charge in [0.2, 0.25) is 0 Å². The molecule has 0 atom stereocenters. The highest BCUT2D eigenvalue weighted by atomic mass is 35.5. The number of halogens is 2. The van der Waals surface area contributed by atoms with Gasteiger partial charge in [-0.3, -0.25) is 0 Å². The molecule has 0 unspecified atom stereocenters. The van der Waals surface area contributed by atoms with E-state index in [4.69, 9.17) is 22.1 Å². The first-order chi connectivity index (χ1) is 10.1. The van der Waals surface area contributed by atoms with Crippen LogP contribution in [0, 0.1) is 5.82 Å². The molecule has 106 valence electrons. The maximum Gasteiger partial charge on any atom is 0.165 e. The van der Waals surface area contributed by atoms with E-state index in [1.807, 2.05) is 0 Å². The Hall–Kier alpha value is -2.40. The van der Waals surface area contributed by atoms with Gasteiger partial charge < -0.3 is 10.5 Å². The Morgan fingerprint density at radius 3 is 2.76 bits per heavy atom. The number of aromatic nitrogens is 2. The van der Waals surface area contributed by atoms with Crippen LogP contribution in [-0.2, 0) is 0 Å². The predicted octanol–water partition coefficient (Wildman–Crippen LogP) is 3.68. The van der Waals surface area contributed by atoms with Crippen molar-refractivity contribution in [2.45, 2.75) is 0 Å². The summed E-state index contributed by atoms with van der Waals surface area (Å²) in [5, 5.41) is 0.671. The van der Waals surface area contributed by atoms with E-state index < -0.39 is 5.82 Å². The zero-order valence-electron chi connectivity index (χ0n) is 11.1. The van der Waals surface area contributed by atoms with Crippen LogP contribution in [0.25, 0.3) is 22.3 Å². The summed E-state index contributed by atoms with van der Waals surface area (Å²) in [6.45, 7) is 0. The molecule has 0 radical (unpaired) electrons. The molecule has 3 aromatic rings. The van der Waals surface area contributed by atoms with Gasteiger partial charge >= 0.3 is 0 Å². The second-order valence-electron chi connectivity index (χ2n) is 4.42. The Balaban J connectivity index is 2.23. The zero-order chi connectivity index (χ0) is 15.0. The fourth-order valence-corrected chi connectivity index (χ4v) is 2.23. The Labute approximate surface area is 125 Å².